The van der Waals surface area contributed by atoms with Crippen LogP contribution in [0.15, 0.2) is 16.6 Å². The number of benzene rings is 1. The summed E-state index contributed by atoms with van der Waals surface area (Å²) in [5.74, 6) is 0.964. The molecule has 0 bridgehead atoms. The van der Waals surface area contributed by atoms with E-state index in [2.05, 4.69) is 33.4 Å². The van der Waals surface area contributed by atoms with Crippen molar-refractivity contribution in [1.82, 2.24) is 5.32 Å². The second-order valence-electron chi connectivity index (χ2n) is 4.11. The fourth-order valence-electron chi connectivity index (χ4n) is 1.86. The van der Waals surface area contributed by atoms with Gasteiger partial charge in [-0.05, 0) is 59.9 Å². The number of rotatable bonds is 2. The summed E-state index contributed by atoms with van der Waals surface area (Å²) in [7, 11) is 0. The molecule has 0 spiro atoms. The quantitative estimate of drug-likeness (QED) is 0.892. The van der Waals surface area contributed by atoms with Gasteiger partial charge in [-0.3, -0.25) is 0 Å². The maximum absolute atomic E-state index is 5.74. The van der Waals surface area contributed by atoms with E-state index in [1.807, 2.05) is 13.8 Å². The first-order chi connectivity index (χ1) is 7.18. The van der Waals surface area contributed by atoms with Crippen LogP contribution in [0, 0.1) is 0 Å². The lowest BCUT2D eigenvalue weighted by atomic mass is 10.0. The average Bonchev–Trinajstić information content (AvgIpc) is 2.22. The summed E-state index contributed by atoms with van der Waals surface area (Å²) in [4.78, 5) is 0. The Morgan fingerprint density at radius 2 is 2.20 bits per heavy atom. The lowest BCUT2D eigenvalue weighted by molar-refractivity contribution is 0.240. The number of hydrogen-bond donors (Lipinski definition) is 1. The Balaban J connectivity index is 2.34. The van der Waals surface area contributed by atoms with E-state index in [9.17, 15) is 0 Å². The minimum Gasteiger partial charge on any atom is -0.490 e. The van der Waals surface area contributed by atoms with Gasteiger partial charge in [-0.2, -0.15) is 0 Å². The van der Waals surface area contributed by atoms with Crippen molar-refractivity contribution in [3.05, 3.63) is 27.7 Å². The third-order valence-electron chi connectivity index (χ3n) is 2.53. The van der Waals surface area contributed by atoms with Gasteiger partial charge in [0.15, 0.2) is 0 Å². The van der Waals surface area contributed by atoms with Gasteiger partial charge in [0.25, 0.3) is 0 Å². The number of ether oxygens (including phenoxy) is 1. The predicted molar refractivity (Wildman–Crippen MR) is 65.3 cm³/mol. The van der Waals surface area contributed by atoms with E-state index in [4.69, 9.17) is 4.74 Å². The molecule has 0 unspecified atom stereocenters. The topological polar surface area (TPSA) is 21.3 Å². The molecule has 0 aliphatic carbocycles. The van der Waals surface area contributed by atoms with Crippen LogP contribution in [0.25, 0.3) is 0 Å². The number of nitrogens with one attached hydrogen (secondary N) is 1. The highest BCUT2D eigenvalue weighted by atomic mass is 79.9. The van der Waals surface area contributed by atoms with E-state index in [0.717, 1.165) is 29.7 Å². The predicted octanol–water partition coefficient (Wildman–Crippen LogP) is 2.88. The highest BCUT2D eigenvalue weighted by Crippen LogP contribution is 2.33. The van der Waals surface area contributed by atoms with E-state index >= 15 is 0 Å². The van der Waals surface area contributed by atoms with E-state index < -0.39 is 0 Å². The van der Waals surface area contributed by atoms with Crippen LogP contribution in [-0.2, 0) is 13.0 Å². The largest absolute Gasteiger partial charge is 0.490 e. The SMILES string of the molecule is CC(C)Oc1ccc2c(c1Br)CCNC2. The fraction of sp³-hybridized carbons (Fsp3) is 0.500. The Bertz CT molecular complexity index is 363. The monoisotopic (exact) mass is 269 g/mol. The van der Waals surface area contributed by atoms with Crippen LogP contribution in [0.4, 0.5) is 0 Å². The Morgan fingerprint density at radius 3 is 2.93 bits per heavy atom. The normalized spacial score (nSPS) is 15.2. The van der Waals surface area contributed by atoms with Crippen LogP contribution < -0.4 is 10.1 Å². The summed E-state index contributed by atoms with van der Waals surface area (Å²) in [6.45, 7) is 6.12. The molecular formula is C12H16BrNO. The summed E-state index contributed by atoms with van der Waals surface area (Å²) in [5, 5.41) is 3.37. The van der Waals surface area contributed by atoms with Gasteiger partial charge in [0.2, 0.25) is 0 Å². The van der Waals surface area contributed by atoms with E-state index in [0.29, 0.717) is 0 Å². The van der Waals surface area contributed by atoms with Crippen LogP contribution in [0.1, 0.15) is 25.0 Å². The van der Waals surface area contributed by atoms with Crippen LogP contribution >= 0.6 is 15.9 Å². The lowest BCUT2D eigenvalue weighted by Gasteiger charge is -2.21. The minimum absolute atomic E-state index is 0.223. The number of halogens is 1. The van der Waals surface area contributed by atoms with Crippen molar-refractivity contribution in [3.8, 4) is 5.75 Å². The Kier molecular flexibility index (Phi) is 3.32. The molecule has 2 nitrogen and oxygen atoms in total. The molecule has 1 heterocycles. The highest BCUT2D eigenvalue weighted by molar-refractivity contribution is 9.10. The zero-order chi connectivity index (χ0) is 10.8. The third kappa shape index (κ3) is 2.34. The van der Waals surface area contributed by atoms with Gasteiger partial charge in [-0.1, -0.05) is 6.07 Å². The Labute approximate surface area is 99.1 Å². The molecule has 0 aromatic heterocycles. The van der Waals surface area contributed by atoms with E-state index in [1.54, 1.807) is 0 Å². The highest BCUT2D eigenvalue weighted by Gasteiger charge is 2.15. The molecular weight excluding hydrogens is 254 g/mol. The number of fused-ring (bicyclic) bond motifs is 1. The summed E-state index contributed by atoms with van der Waals surface area (Å²) < 4.78 is 6.88. The maximum Gasteiger partial charge on any atom is 0.134 e. The fourth-order valence-corrected chi connectivity index (χ4v) is 2.54. The standard InChI is InChI=1S/C12H16BrNO/c1-8(2)15-11-4-3-9-7-14-6-5-10(9)12(11)13/h3-4,8,14H,5-7H2,1-2H3. The van der Waals surface area contributed by atoms with Crippen molar-refractivity contribution >= 4 is 15.9 Å². The summed E-state index contributed by atoms with van der Waals surface area (Å²) >= 11 is 3.64. The average molecular weight is 270 g/mol. The van der Waals surface area contributed by atoms with Crippen LogP contribution in [-0.4, -0.2) is 12.6 Å². The van der Waals surface area contributed by atoms with Gasteiger partial charge >= 0.3 is 0 Å². The lowest BCUT2D eigenvalue weighted by Crippen LogP contribution is -2.24. The second kappa shape index (κ2) is 4.54. The maximum atomic E-state index is 5.74. The Hall–Kier alpha value is -0.540. The third-order valence-corrected chi connectivity index (χ3v) is 3.40. The molecule has 0 atom stereocenters. The molecule has 82 valence electrons. The molecule has 1 aliphatic rings. The molecule has 0 amide bonds. The molecule has 0 saturated heterocycles. The second-order valence-corrected chi connectivity index (χ2v) is 4.90. The molecule has 1 N–H and O–H groups in total. The van der Waals surface area contributed by atoms with Crippen molar-refractivity contribution in [2.75, 3.05) is 6.54 Å². The summed E-state index contributed by atoms with van der Waals surface area (Å²) in [6, 6.07) is 4.21. The molecule has 1 aromatic rings. The van der Waals surface area contributed by atoms with Crippen molar-refractivity contribution in [2.24, 2.45) is 0 Å². The van der Waals surface area contributed by atoms with Crippen molar-refractivity contribution < 1.29 is 4.74 Å². The molecule has 3 heteroatoms. The molecule has 2 rings (SSSR count). The summed E-state index contributed by atoms with van der Waals surface area (Å²) in [5.41, 5.74) is 2.77. The zero-order valence-corrected chi connectivity index (χ0v) is 10.7. The first-order valence-electron chi connectivity index (χ1n) is 5.36. The first-order valence-corrected chi connectivity index (χ1v) is 6.15. The minimum atomic E-state index is 0.223. The molecule has 15 heavy (non-hydrogen) atoms. The van der Waals surface area contributed by atoms with Crippen LogP contribution in [0.2, 0.25) is 0 Å². The van der Waals surface area contributed by atoms with Gasteiger partial charge in [0.05, 0.1) is 10.6 Å². The molecule has 0 fully saturated rings. The summed E-state index contributed by atoms with van der Waals surface area (Å²) in [6.07, 6.45) is 1.30. The van der Waals surface area contributed by atoms with Crippen LogP contribution in [0.5, 0.6) is 5.75 Å². The van der Waals surface area contributed by atoms with Crippen molar-refractivity contribution in [2.45, 2.75) is 32.9 Å². The van der Waals surface area contributed by atoms with E-state index in [-0.39, 0.29) is 6.10 Å². The van der Waals surface area contributed by atoms with Crippen molar-refractivity contribution in [3.63, 3.8) is 0 Å². The van der Waals surface area contributed by atoms with Gasteiger partial charge < -0.3 is 10.1 Å². The smallest absolute Gasteiger partial charge is 0.134 e. The van der Waals surface area contributed by atoms with Crippen LogP contribution in [0.3, 0.4) is 0 Å². The first kappa shape index (κ1) is 11.0. The number of hydrogen-bond acceptors (Lipinski definition) is 2. The van der Waals surface area contributed by atoms with Gasteiger partial charge in [0, 0.05) is 6.54 Å². The zero-order valence-electron chi connectivity index (χ0n) is 9.14. The van der Waals surface area contributed by atoms with Gasteiger partial charge in [-0.25, -0.2) is 0 Å². The van der Waals surface area contributed by atoms with Gasteiger partial charge in [-0.15, -0.1) is 0 Å². The molecule has 1 aliphatic heterocycles. The molecule has 0 radical (unpaired) electrons. The van der Waals surface area contributed by atoms with Gasteiger partial charge in [0.1, 0.15) is 5.75 Å². The molecule has 1 aromatic carbocycles. The van der Waals surface area contributed by atoms with Crippen molar-refractivity contribution in [1.29, 1.82) is 0 Å². The van der Waals surface area contributed by atoms with E-state index in [1.165, 1.54) is 11.1 Å². The molecule has 0 saturated carbocycles. The Morgan fingerprint density at radius 1 is 1.40 bits per heavy atom.